The Morgan fingerprint density at radius 2 is 2.10 bits per heavy atom. The van der Waals surface area contributed by atoms with Gasteiger partial charge in [0.25, 0.3) is 0 Å². The maximum absolute atomic E-state index is 5.74. The molecule has 4 heteroatoms. The summed E-state index contributed by atoms with van der Waals surface area (Å²) >= 11 is 0. The Kier molecular flexibility index (Phi) is 6.28. The molecule has 0 fully saturated rings. The first kappa shape index (κ1) is 15.6. The largest absolute Gasteiger partial charge is 0.492 e. The molecule has 0 bridgehead atoms. The van der Waals surface area contributed by atoms with E-state index in [2.05, 4.69) is 48.4 Å². The molecule has 0 spiro atoms. The van der Waals surface area contributed by atoms with E-state index in [0.717, 1.165) is 31.7 Å². The average molecular weight is 287 g/mol. The Morgan fingerprint density at radius 3 is 2.76 bits per heavy atom. The van der Waals surface area contributed by atoms with Crippen molar-refractivity contribution in [2.24, 2.45) is 0 Å². The molecule has 0 amide bonds. The minimum absolute atomic E-state index is 0.570. The van der Waals surface area contributed by atoms with E-state index in [1.54, 1.807) is 12.5 Å². The van der Waals surface area contributed by atoms with Crippen molar-refractivity contribution >= 4 is 0 Å². The number of ether oxygens (including phenoxy) is 1. The summed E-state index contributed by atoms with van der Waals surface area (Å²) in [5, 5.41) is 3.44. The molecule has 0 saturated carbocycles. The topological polar surface area (TPSA) is 39.1 Å². The molecule has 0 aliphatic carbocycles. The van der Waals surface area contributed by atoms with Crippen LogP contribution in [0.15, 0.2) is 43.0 Å². The summed E-state index contributed by atoms with van der Waals surface area (Å²) in [6.07, 6.45) is 7.79. The molecule has 1 N–H and O–H groups in total. The van der Waals surface area contributed by atoms with Gasteiger partial charge in [-0.25, -0.2) is 4.98 Å². The van der Waals surface area contributed by atoms with E-state index in [1.165, 1.54) is 5.56 Å². The van der Waals surface area contributed by atoms with Crippen LogP contribution in [-0.4, -0.2) is 28.7 Å². The third kappa shape index (κ3) is 5.60. The number of benzene rings is 1. The van der Waals surface area contributed by atoms with Crippen molar-refractivity contribution in [3.8, 4) is 5.75 Å². The van der Waals surface area contributed by atoms with Gasteiger partial charge in [-0.15, -0.1) is 0 Å². The molecule has 1 heterocycles. The van der Waals surface area contributed by atoms with Crippen molar-refractivity contribution in [2.45, 2.75) is 39.3 Å². The predicted octanol–water partition coefficient (Wildman–Crippen LogP) is 2.89. The highest BCUT2D eigenvalue weighted by atomic mass is 16.5. The molecule has 1 aromatic carbocycles. The van der Waals surface area contributed by atoms with Gasteiger partial charge in [0.2, 0.25) is 0 Å². The zero-order valence-corrected chi connectivity index (χ0v) is 13.0. The number of imidazole rings is 1. The van der Waals surface area contributed by atoms with Gasteiger partial charge in [-0.2, -0.15) is 0 Å². The van der Waals surface area contributed by atoms with Crippen LogP contribution in [0.5, 0.6) is 5.75 Å². The van der Waals surface area contributed by atoms with Gasteiger partial charge >= 0.3 is 0 Å². The minimum Gasteiger partial charge on any atom is -0.492 e. The Bertz CT molecular complexity index is 493. The van der Waals surface area contributed by atoms with Crippen LogP contribution < -0.4 is 10.1 Å². The second kappa shape index (κ2) is 8.47. The van der Waals surface area contributed by atoms with Gasteiger partial charge in [0.05, 0.1) is 12.9 Å². The molecule has 1 atom stereocenters. The van der Waals surface area contributed by atoms with Crippen LogP contribution in [0.25, 0.3) is 0 Å². The van der Waals surface area contributed by atoms with Crippen molar-refractivity contribution in [2.75, 3.05) is 13.2 Å². The zero-order valence-electron chi connectivity index (χ0n) is 13.0. The highest BCUT2D eigenvalue weighted by Crippen LogP contribution is 2.14. The Labute approximate surface area is 127 Å². The highest BCUT2D eigenvalue weighted by molar-refractivity contribution is 5.27. The zero-order chi connectivity index (χ0) is 14.9. The summed E-state index contributed by atoms with van der Waals surface area (Å²) in [4.78, 5) is 4.01. The Balaban J connectivity index is 1.71. The van der Waals surface area contributed by atoms with Crippen LogP contribution in [0, 0.1) is 0 Å². The second-order valence-corrected chi connectivity index (χ2v) is 5.29. The molecule has 1 aromatic heterocycles. The normalized spacial score (nSPS) is 12.3. The molecule has 2 rings (SSSR count). The van der Waals surface area contributed by atoms with E-state index in [4.69, 9.17) is 4.74 Å². The fraction of sp³-hybridized carbons (Fsp3) is 0.471. The molecule has 1 unspecified atom stereocenters. The fourth-order valence-electron chi connectivity index (χ4n) is 2.27. The van der Waals surface area contributed by atoms with Crippen LogP contribution >= 0.6 is 0 Å². The van der Waals surface area contributed by atoms with Crippen LogP contribution in [0.3, 0.4) is 0 Å². The number of nitrogens with zero attached hydrogens (tertiary/aromatic N) is 2. The summed E-state index contributed by atoms with van der Waals surface area (Å²) < 4.78 is 7.75. The van der Waals surface area contributed by atoms with Gasteiger partial charge in [0.15, 0.2) is 0 Å². The van der Waals surface area contributed by atoms with Crippen molar-refractivity contribution in [3.63, 3.8) is 0 Å². The van der Waals surface area contributed by atoms with E-state index in [9.17, 15) is 0 Å². The summed E-state index contributed by atoms with van der Waals surface area (Å²) in [7, 11) is 0. The van der Waals surface area contributed by atoms with Gasteiger partial charge < -0.3 is 14.6 Å². The van der Waals surface area contributed by atoms with Gasteiger partial charge in [-0.1, -0.05) is 19.1 Å². The number of aryl methyl sites for hydroxylation is 1. The van der Waals surface area contributed by atoms with Crippen molar-refractivity contribution in [1.29, 1.82) is 0 Å². The lowest BCUT2D eigenvalue weighted by molar-refractivity contribution is 0.298. The molecule has 0 aliphatic rings. The number of nitrogens with one attached hydrogen (secondary N) is 1. The first-order chi connectivity index (χ1) is 10.3. The summed E-state index contributed by atoms with van der Waals surface area (Å²) in [6.45, 7) is 6.89. The van der Waals surface area contributed by atoms with E-state index < -0.39 is 0 Å². The second-order valence-electron chi connectivity index (χ2n) is 5.29. The molecule has 21 heavy (non-hydrogen) atoms. The van der Waals surface area contributed by atoms with Crippen LogP contribution in [0.1, 0.15) is 25.8 Å². The quantitative estimate of drug-likeness (QED) is 0.771. The third-order valence-corrected chi connectivity index (χ3v) is 3.52. The smallest absolute Gasteiger partial charge is 0.119 e. The predicted molar refractivity (Wildman–Crippen MR) is 85.6 cm³/mol. The summed E-state index contributed by atoms with van der Waals surface area (Å²) in [5.41, 5.74) is 1.36. The highest BCUT2D eigenvalue weighted by Gasteiger charge is 2.01. The van der Waals surface area contributed by atoms with Crippen molar-refractivity contribution in [1.82, 2.24) is 14.9 Å². The fourth-order valence-corrected chi connectivity index (χ4v) is 2.27. The van der Waals surface area contributed by atoms with Gasteiger partial charge in [0.1, 0.15) is 12.4 Å². The number of hydrogen-bond donors (Lipinski definition) is 1. The lowest BCUT2D eigenvalue weighted by Crippen LogP contribution is -2.25. The molecular weight excluding hydrogens is 262 g/mol. The van der Waals surface area contributed by atoms with Gasteiger partial charge in [-0.05, 0) is 44.0 Å². The molecule has 0 radical (unpaired) electrons. The molecule has 2 aromatic rings. The van der Waals surface area contributed by atoms with Gasteiger partial charge in [-0.3, -0.25) is 0 Å². The van der Waals surface area contributed by atoms with Crippen LogP contribution in [0.4, 0.5) is 0 Å². The monoisotopic (exact) mass is 287 g/mol. The van der Waals surface area contributed by atoms with E-state index in [0.29, 0.717) is 12.6 Å². The SMILES string of the molecule is CCNC(C)CCc1ccc(OCCn2ccnc2)cc1. The first-order valence-electron chi connectivity index (χ1n) is 7.69. The molecular formula is C17H25N3O. The molecule has 0 saturated heterocycles. The Hall–Kier alpha value is -1.81. The summed E-state index contributed by atoms with van der Waals surface area (Å²) in [5.74, 6) is 0.929. The third-order valence-electron chi connectivity index (χ3n) is 3.52. The number of hydrogen-bond acceptors (Lipinski definition) is 3. The Morgan fingerprint density at radius 1 is 1.29 bits per heavy atom. The molecule has 4 nitrogen and oxygen atoms in total. The summed E-state index contributed by atoms with van der Waals surface area (Å²) in [6, 6.07) is 9.00. The maximum atomic E-state index is 5.74. The number of rotatable bonds is 9. The van der Waals surface area contributed by atoms with E-state index in [-0.39, 0.29) is 0 Å². The number of aromatic nitrogens is 2. The minimum atomic E-state index is 0.570. The lowest BCUT2D eigenvalue weighted by Gasteiger charge is -2.12. The van der Waals surface area contributed by atoms with Crippen molar-refractivity contribution in [3.05, 3.63) is 48.5 Å². The van der Waals surface area contributed by atoms with E-state index in [1.807, 2.05) is 10.8 Å². The molecule has 0 aliphatic heterocycles. The standard InChI is InChI=1S/C17H25N3O/c1-3-19-15(2)4-5-16-6-8-17(9-7-16)21-13-12-20-11-10-18-14-20/h6-11,14-15,19H,3-5,12-13H2,1-2H3. The first-order valence-corrected chi connectivity index (χ1v) is 7.69. The van der Waals surface area contributed by atoms with Crippen LogP contribution in [-0.2, 0) is 13.0 Å². The van der Waals surface area contributed by atoms with Crippen molar-refractivity contribution < 1.29 is 4.74 Å². The maximum Gasteiger partial charge on any atom is 0.119 e. The van der Waals surface area contributed by atoms with E-state index >= 15 is 0 Å². The molecule has 114 valence electrons. The van der Waals surface area contributed by atoms with Crippen LogP contribution in [0.2, 0.25) is 0 Å². The average Bonchev–Trinajstić information content (AvgIpc) is 3.00. The lowest BCUT2D eigenvalue weighted by atomic mass is 10.1. The van der Waals surface area contributed by atoms with Gasteiger partial charge in [0, 0.05) is 18.4 Å².